The summed E-state index contributed by atoms with van der Waals surface area (Å²) in [6, 6.07) is 23.6. The van der Waals surface area contributed by atoms with Gasteiger partial charge in [-0.15, -0.1) is 0 Å². The minimum atomic E-state index is -0.762. The van der Waals surface area contributed by atoms with Crippen LogP contribution >= 0.6 is 0 Å². The second-order valence-corrected chi connectivity index (χ2v) is 11.1. The second-order valence-electron chi connectivity index (χ2n) is 11.1. The predicted molar refractivity (Wildman–Crippen MR) is 152 cm³/mol. The van der Waals surface area contributed by atoms with Gasteiger partial charge in [-0.3, -0.25) is 9.59 Å². The standard InChI is InChI=1S/C33H41FN2O2/c1-6-24(2)35-32(38)30(22-26-12-8-7-9-13-26)36(23-27-14-10-11-15-29(27)34)31(37)21-18-25-16-19-28(20-17-25)33(3,4)5/h7-17,19-20,24,30H,6,18,21-23H2,1-5H3,(H,35,38)/t24-,30-/m0/s1. The van der Waals surface area contributed by atoms with Crippen molar-refractivity contribution in [2.24, 2.45) is 0 Å². The van der Waals surface area contributed by atoms with Crippen LogP contribution in [-0.2, 0) is 34.4 Å². The van der Waals surface area contributed by atoms with E-state index in [-0.39, 0.29) is 42.1 Å². The maximum absolute atomic E-state index is 14.7. The molecule has 0 aliphatic rings. The van der Waals surface area contributed by atoms with Crippen LogP contribution in [0.1, 0.15) is 69.7 Å². The van der Waals surface area contributed by atoms with E-state index in [4.69, 9.17) is 0 Å². The highest BCUT2D eigenvalue weighted by molar-refractivity contribution is 5.88. The van der Waals surface area contributed by atoms with Gasteiger partial charge in [-0.2, -0.15) is 0 Å². The second kappa shape index (κ2) is 13.4. The van der Waals surface area contributed by atoms with Gasteiger partial charge in [0.05, 0.1) is 0 Å². The Kier molecular flexibility index (Phi) is 10.2. The molecule has 0 heterocycles. The molecule has 3 rings (SSSR count). The Morgan fingerprint density at radius 2 is 1.53 bits per heavy atom. The monoisotopic (exact) mass is 516 g/mol. The van der Waals surface area contributed by atoms with Crippen LogP contribution in [0.2, 0.25) is 0 Å². The molecule has 38 heavy (non-hydrogen) atoms. The molecule has 0 fully saturated rings. The number of hydrogen-bond acceptors (Lipinski definition) is 2. The van der Waals surface area contributed by atoms with Crippen LogP contribution in [0.3, 0.4) is 0 Å². The van der Waals surface area contributed by atoms with Crippen molar-refractivity contribution in [2.75, 3.05) is 0 Å². The fourth-order valence-electron chi connectivity index (χ4n) is 4.37. The van der Waals surface area contributed by atoms with Gasteiger partial charge < -0.3 is 10.2 Å². The van der Waals surface area contributed by atoms with Crippen molar-refractivity contribution < 1.29 is 14.0 Å². The number of benzene rings is 3. The molecule has 0 saturated heterocycles. The van der Waals surface area contributed by atoms with E-state index in [1.54, 1.807) is 23.1 Å². The smallest absolute Gasteiger partial charge is 0.243 e. The number of nitrogens with one attached hydrogen (secondary N) is 1. The van der Waals surface area contributed by atoms with E-state index in [2.05, 4.69) is 50.4 Å². The van der Waals surface area contributed by atoms with E-state index in [1.165, 1.54) is 11.6 Å². The fraction of sp³-hybridized carbons (Fsp3) is 0.394. The van der Waals surface area contributed by atoms with Gasteiger partial charge in [0.25, 0.3) is 0 Å². The Labute approximate surface area is 227 Å². The van der Waals surface area contributed by atoms with Crippen molar-refractivity contribution >= 4 is 11.8 Å². The molecule has 4 nitrogen and oxygen atoms in total. The third kappa shape index (κ3) is 8.27. The molecule has 0 aliphatic carbocycles. The van der Waals surface area contributed by atoms with Crippen LogP contribution in [0.25, 0.3) is 0 Å². The summed E-state index contributed by atoms with van der Waals surface area (Å²) >= 11 is 0. The molecule has 2 amide bonds. The van der Waals surface area contributed by atoms with Crippen molar-refractivity contribution in [3.8, 4) is 0 Å². The third-order valence-electron chi connectivity index (χ3n) is 7.02. The lowest BCUT2D eigenvalue weighted by atomic mass is 9.86. The molecule has 0 spiro atoms. The average Bonchev–Trinajstić information content (AvgIpc) is 2.90. The SMILES string of the molecule is CC[C@H](C)NC(=O)[C@H](Cc1ccccc1)N(Cc1ccccc1F)C(=O)CCc1ccc(C(C)(C)C)cc1. The zero-order chi connectivity index (χ0) is 27.7. The van der Waals surface area contributed by atoms with E-state index >= 15 is 0 Å². The Bertz CT molecular complexity index is 1190. The first-order chi connectivity index (χ1) is 18.1. The lowest BCUT2D eigenvalue weighted by Crippen LogP contribution is -2.52. The molecule has 0 aliphatic heterocycles. The molecule has 0 bridgehead atoms. The first-order valence-electron chi connectivity index (χ1n) is 13.5. The molecule has 3 aromatic rings. The number of aryl methyl sites for hydroxylation is 1. The Morgan fingerprint density at radius 1 is 0.895 bits per heavy atom. The summed E-state index contributed by atoms with van der Waals surface area (Å²) in [5, 5.41) is 3.05. The van der Waals surface area contributed by atoms with E-state index < -0.39 is 6.04 Å². The highest BCUT2D eigenvalue weighted by atomic mass is 19.1. The zero-order valence-electron chi connectivity index (χ0n) is 23.3. The number of carbonyl (C=O) groups is 2. The highest BCUT2D eigenvalue weighted by Gasteiger charge is 2.31. The third-order valence-corrected chi connectivity index (χ3v) is 7.02. The molecule has 2 atom stereocenters. The van der Waals surface area contributed by atoms with E-state index in [9.17, 15) is 14.0 Å². The van der Waals surface area contributed by atoms with Crippen LogP contribution < -0.4 is 5.32 Å². The molecular formula is C33H41FN2O2. The summed E-state index contributed by atoms with van der Waals surface area (Å²) in [4.78, 5) is 28.9. The van der Waals surface area contributed by atoms with Gasteiger partial charge in [-0.25, -0.2) is 4.39 Å². The number of nitrogens with zero attached hydrogens (tertiary/aromatic N) is 1. The van der Waals surface area contributed by atoms with Gasteiger partial charge in [-0.1, -0.05) is 100 Å². The lowest BCUT2D eigenvalue weighted by molar-refractivity contribution is -0.141. The Hall–Kier alpha value is -3.47. The van der Waals surface area contributed by atoms with Crippen LogP contribution in [-0.4, -0.2) is 28.8 Å². The average molecular weight is 517 g/mol. The Morgan fingerprint density at radius 3 is 2.13 bits per heavy atom. The van der Waals surface area contributed by atoms with E-state index in [0.29, 0.717) is 18.4 Å². The molecule has 0 aromatic heterocycles. The minimum absolute atomic E-state index is 0.0277. The van der Waals surface area contributed by atoms with Gasteiger partial charge in [0.2, 0.25) is 11.8 Å². The maximum atomic E-state index is 14.7. The van der Waals surface area contributed by atoms with Gasteiger partial charge in [0.1, 0.15) is 11.9 Å². The van der Waals surface area contributed by atoms with E-state index in [1.807, 2.05) is 44.2 Å². The van der Waals surface area contributed by atoms with Crippen molar-refractivity contribution in [2.45, 2.75) is 84.3 Å². The zero-order valence-corrected chi connectivity index (χ0v) is 23.3. The summed E-state index contributed by atoms with van der Waals surface area (Å²) < 4.78 is 14.7. The van der Waals surface area contributed by atoms with Gasteiger partial charge >= 0.3 is 0 Å². The number of amides is 2. The number of carbonyl (C=O) groups excluding carboxylic acids is 2. The largest absolute Gasteiger partial charge is 0.352 e. The summed E-state index contributed by atoms with van der Waals surface area (Å²) in [6.07, 6.45) is 1.90. The molecule has 0 unspecified atom stereocenters. The number of rotatable bonds is 11. The normalized spacial score (nSPS) is 13.0. The molecule has 5 heteroatoms. The van der Waals surface area contributed by atoms with Crippen LogP contribution in [0.4, 0.5) is 4.39 Å². The van der Waals surface area contributed by atoms with Crippen molar-refractivity contribution in [3.63, 3.8) is 0 Å². The molecule has 3 aromatic carbocycles. The van der Waals surface area contributed by atoms with Crippen LogP contribution in [0.15, 0.2) is 78.9 Å². The Balaban J connectivity index is 1.90. The number of halogens is 1. The van der Waals surface area contributed by atoms with Crippen LogP contribution in [0.5, 0.6) is 0 Å². The number of hydrogen-bond donors (Lipinski definition) is 1. The van der Waals surface area contributed by atoms with Crippen molar-refractivity contribution in [1.29, 1.82) is 0 Å². The van der Waals surface area contributed by atoms with Crippen molar-refractivity contribution in [3.05, 3.63) is 107 Å². The summed E-state index contributed by atoms with van der Waals surface area (Å²) in [5.41, 5.74) is 3.68. The minimum Gasteiger partial charge on any atom is -0.352 e. The lowest BCUT2D eigenvalue weighted by Gasteiger charge is -2.32. The molecule has 202 valence electrons. The maximum Gasteiger partial charge on any atom is 0.243 e. The summed E-state index contributed by atoms with van der Waals surface area (Å²) in [6.45, 7) is 10.5. The molecule has 0 radical (unpaired) electrons. The summed E-state index contributed by atoms with van der Waals surface area (Å²) in [5.74, 6) is -0.778. The first kappa shape index (κ1) is 29.1. The van der Waals surface area contributed by atoms with Gasteiger partial charge in [0, 0.05) is 31.0 Å². The van der Waals surface area contributed by atoms with Gasteiger partial charge in [-0.05, 0) is 47.9 Å². The quantitative estimate of drug-likeness (QED) is 0.312. The predicted octanol–water partition coefficient (Wildman–Crippen LogP) is 6.61. The fourth-order valence-corrected chi connectivity index (χ4v) is 4.37. The van der Waals surface area contributed by atoms with Crippen LogP contribution in [0, 0.1) is 5.82 Å². The molecule has 1 N–H and O–H groups in total. The topological polar surface area (TPSA) is 49.4 Å². The van der Waals surface area contributed by atoms with Crippen molar-refractivity contribution in [1.82, 2.24) is 10.2 Å². The van der Waals surface area contributed by atoms with Gasteiger partial charge in [0.15, 0.2) is 0 Å². The highest BCUT2D eigenvalue weighted by Crippen LogP contribution is 2.23. The van der Waals surface area contributed by atoms with E-state index in [0.717, 1.165) is 17.5 Å². The summed E-state index contributed by atoms with van der Waals surface area (Å²) in [7, 11) is 0. The molecule has 0 saturated carbocycles. The molecular weight excluding hydrogens is 475 g/mol. The first-order valence-corrected chi connectivity index (χ1v) is 13.5.